The second-order valence-corrected chi connectivity index (χ2v) is 10.2. The van der Waals surface area contributed by atoms with E-state index in [1.807, 2.05) is 11.8 Å². The molecule has 1 aromatic heterocycles. The van der Waals surface area contributed by atoms with E-state index in [9.17, 15) is 0 Å². The SMILES string of the molecule is C[C@H]1CC[C@@]2(C)C(=CC[C@H]3[C@@H]4CC=C(c5cccnc5)C4(C)CC[C@@H]32)C1. The molecule has 2 saturated carbocycles. The van der Waals surface area contributed by atoms with E-state index in [2.05, 4.69) is 56.2 Å². The lowest BCUT2D eigenvalue weighted by molar-refractivity contribution is -0.0137. The second kappa shape index (κ2) is 5.81. The number of fused-ring (bicyclic) bond motifs is 5. The predicted molar refractivity (Wildman–Crippen MR) is 108 cm³/mol. The van der Waals surface area contributed by atoms with Crippen LogP contribution in [0.1, 0.15) is 71.3 Å². The minimum Gasteiger partial charge on any atom is -0.264 e. The van der Waals surface area contributed by atoms with Crippen molar-refractivity contribution in [3.05, 3.63) is 47.8 Å². The molecule has 1 aromatic rings. The maximum atomic E-state index is 4.40. The molecule has 5 rings (SSSR count). The molecule has 0 aromatic carbocycles. The van der Waals surface area contributed by atoms with Crippen molar-refractivity contribution in [2.45, 2.75) is 65.7 Å². The number of allylic oxidation sites excluding steroid dienone is 4. The van der Waals surface area contributed by atoms with Gasteiger partial charge in [0, 0.05) is 12.4 Å². The quantitative estimate of drug-likeness (QED) is 0.517. The van der Waals surface area contributed by atoms with Gasteiger partial charge in [0.2, 0.25) is 0 Å². The number of hydrogen-bond acceptors (Lipinski definition) is 1. The van der Waals surface area contributed by atoms with Crippen molar-refractivity contribution < 1.29 is 0 Å². The summed E-state index contributed by atoms with van der Waals surface area (Å²) in [6, 6.07) is 4.36. The molecule has 0 bridgehead atoms. The first-order valence-electron chi connectivity index (χ1n) is 10.8. The summed E-state index contributed by atoms with van der Waals surface area (Å²) in [4.78, 5) is 4.40. The maximum absolute atomic E-state index is 4.40. The Morgan fingerprint density at radius 2 is 1.85 bits per heavy atom. The molecule has 6 atom stereocenters. The van der Waals surface area contributed by atoms with Gasteiger partial charge >= 0.3 is 0 Å². The highest BCUT2D eigenvalue weighted by molar-refractivity contribution is 5.72. The van der Waals surface area contributed by atoms with Crippen molar-refractivity contribution in [3.63, 3.8) is 0 Å². The zero-order valence-electron chi connectivity index (χ0n) is 16.7. The lowest BCUT2D eigenvalue weighted by Gasteiger charge is -2.58. The second-order valence-electron chi connectivity index (χ2n) is 10.2. The first-order valence-corrected chi connectivity index (χ1v) is 10.8. The zero-order chi connectivity index (χ0) is 17.9. The number of aromatic nitrogens is 1. The summed E-state index contributed by atoms with van der Waals surface area (Å²) >= 11 is 0. The van der Waals surface area contributed by atoms with Crippen LogP contribution in [0.25, 0.3) is 5.57 Å². The number of pyridine rings is 1. The molecule has 0 radical (unpaired) electrons. The summed E-state index contributed by atoms with van der Waals surface area (Å²) in [5, 5.41) is 0. The van der Waals surface area contributed by atoms with Gasteiger partial charge in [-0.05, 0) is 96.7 Å². The Balaban J connectivity index is 1.48. The Labute approximate surface area is 159 Å². The summed E-state index contributed by atoms with van der Waals surface area (Å²) in [5.41, 5.74) is 5.62. The monoisotopic (exact) mass is 347 g/mol. The Hall–Kier alpha value is -1.37. The molecule has 1 heteroatoms. The van der Waals surface area contributed by atoms with Crippen molar-refractivity contribution in [1.29, 1.82) is 0 Å². The highest BCUT2D eigenvalue weighted by Crippen LogP contribution is 2.66. The topological polar surface area (TPSA) is 12.9 Å². The van der Waals surface area contributed by atoms with Crippen LogP contribution in [0.5, 0.6) is 0 Å². The molecule has 0 spiro atoms. The van der Waals surface area contributed by atoms with Crippen LogP contribution < -0.4 is 0 Å². The Morgan fingerprint density at radius 1 is 1.00 bits per heavy atom. The van der Waals surface area contributed by atoms with Crippen molar-refractivity contribution in [2.24, 2.45) is 34.5 Å². The number of rotatable bonds is 1. The third kappa shape index (κ3) is 2.25. The fraction of sp³-hybridized carbons (Fsp3) is 0.640. The van der Waals surface area contributed by atoms with Crippen LogP contribution in [0, 0.1) is 34.5 Å². The van der Waals surface area contributed by atoms with E-state index in [1.165, 1.54) is 50.5 Å². The van der Waals surface area contributed by atoms with E-state index in [0.29, 0.717) is 10.8 Å². The smallest absolute Gasteiger partial charge is 0.0343 e. The van der Waals surface area contributed by atoms with Crippen LogP contribution in [0.3, 0.4) is 0 Å². The van der Waals surface area contributed by atoms with Gasteiger partial charge in [-0.1, -0.05) is 44.6 Å². The molecule has 1 nitrogen and oxygen atoms in total. The number of hydrogen-bond donors (Lipinski definition) is 0. The predicted octanol–water partition coefficient (Wildman–Crippen LogP) is 6.67. The molecule has 26 heavy (non-hydrogen) atoms. The summed E-state index contributed by atoms with van der Waals surface area (Å²) in [5.74, 6) is 3.51. The molecule has 1 heterocycles. The normalized spacial score (nSPS) is 44.4. The average Bonchev–Trinajstić information content (AvgIpc) is 3.00. The van der Waals surface area contributed by atoms with Crippen LogP contribution in [-0.4, -0.2) is 4.98 Å². The van der Waals surface area contributed by atoms with Crippen LogP contribution >= 0.6 is 0 Å². The molecule has 4 aliphatic rings. The van der Waals surface area contributed by atoms with Gasteiger partial charge in [0.15, 0.2) is 0 Å². The largest absolute Gasteiger partial charge is 0.264 e. The van der Waals surface area contributed by atoms with Crippen LogP contribution in [0.4, 0.5) is 0 Å². The van der Waals surface area contributed by atoms with E-state index < -0.39 is 0 Å². The Kier molecular flexibility index (Phi) is 3.75. The van der Waals surface area contributed by atoms with Gasteiger partial charge in [-0.15, -0.1) is 0 Å². The highest BCUT2D eigenvalue weighted by Gasteiger charge is 2.56. The molecule has 0 aliphatic heterocycles. The maximum Gasteiger partial charge on any atom is 0.0343 e. The standard InChI is InChI=1S/C25H33N/c1-17-10-12-24(2)19(15-17)6-7-20-22-9-8-21(18-5-4-14-26-16-18)25(22,3)13-11-23(20)24/h4-6,8,14,16-17,20,22-23H,7,9-13,15H2,1-3H3/t17-,20-,22-,23-,24-,25?/m0/s1. The summed E-state index contributed by atoms with van der Waals surface area (Å²) in [6.07, 6.45) is 18.8. The molecule has 138 valence electrons. The van der Waals surface area contributed by atoms with E-state index in [1.54, 1.807) is 5.57 Å². The average molecular weight is 348 g/mol. The number of nitrogens with zero attached hydrogens (tertiary/aromatic N) is 1. The van der Waals surface area contributed by atoms with Gasteiger partial charge in [0.05, 0.1) is 0 Å². The molecule has 0 amide bonds. The zero-order valence-corrected chi connectivity index (χ0v) is 16.7. The van der Waals surface area contributed by atoms with Crippen LogP contribution in [0.2, 0.25) is 0 Å². The minimum atomic E-state index is 0.355. The van der Waals surface area contributed by atoms with Gasteiger partial charge in [-0.3, -0.25) is 4.98 Å². The third-order valence-corrected chi connectivity index (χ3v) is 8.90. The van der Waals surface area contributed by atoms with Crippen molar-refractivity contribution >= 4 is 5.57 Å². The van der Waals surface area contributed by atoms with E-state index >= 15 is 0 Å². The summed E-state index contributed by atoms with van der Waals surface area (Å²) in [7, 11) is 0. The molecule has 0 N–H and O–H groups in total. The van der Waals surface area contributed by atoms with E-state index in [4.69, 9.17) is 0 Å². The highest BCUT2D eigenvalue weighted by atomic mass is 14.6. The summed E-state index contributed by atoms with van der Waals surface area (Å²) < 4.78 is 0. The first-order chi connectivity index (χ1) is 12.5. The van der Waals surface area contributed by atoms with Gasteiger partial charge in [0.25, 0.3) is 0 Å². The van der Waals surface area contributed by atoms with Gasteiger partial charge in [0.1, 0.15) is 0 Å². The lowest BCUT2D eigenvalue weighted by Crippen LogP contribution is -2.49. The van der Waals surface area contributed by atoms with Gasteiger partial charge in [-0.25, -0.2) is 0 Å². The molecular formula is C25H33N. The van der Waals surface area contributed by atoms with Crippen LogP contribution in [-0.2, 0) is 0 Å². The van der Waals surface area contributed by atoms with E-state index in [0.717, 1.165) is 23.7 Å². The Morgan fingerprint density at radius 3 is 2.65 bits per heavy atom. The Bertz CT molecular complexity index is 760. The van der Waals surface area contributed by atoms with Gasteiger partial charge in [-0.2, -0.15) is 0 Å². The van der Waals surface area contributed by atoms with Crippen molar-refractivity contribution in [1.82, 2.24) is 4.98 Å². The molecular weight excluding hydrogens is 314 g/mol. The van der Waals surface area contributed by atoms with Crippen LogP contribution in [0.15, 0.2) is 42.3 Å². The first kappa shape index (κ1) is 16.8. The molecule has 4 aliphatic carbocycles. The molecule has 1 unspecified atom stereocenters. The molecule has 0 saturated heterocycles. The minimum absolute atomic E-state index is 0.355. The summed E-state index contributed by atoms with van der Waals surface area (Å²) in [6.45, 7) is 7.63. The molecule has 2 fully saturated rings. The van der Waals surface area contributed by atoms with E-state index in [-0.39, 0.29) is 0 Å². The van der Waals surface area contributed by atoms with Crippen molar-refractivity contribution in [3.8, 4) is 0 Å². The third-order valence-electron chi connectivity index (χ3n) is 8.90. The fourth-order valence-corrected chi connectivity index (χ4v) is 7.38. The van der Waals surface area contributed by atoms with Crippen molar-refractivity contribution in [2.75, 3.05) is 0 Å². The lowest BCUT2D eigenvalue weighted by atomic mass is 9.47. The fourth-order valence-electron chi connectivity index (χ4n) is 7.38. The van der Waals surface area contributed by atoms with Gasteiger partial charge < -0.3 is 0 Å².